The van der Waals surface area contributed by atoms with Gasteiger partial charge in [0.05, 0.1) is 6.10 Å². The Morgan fingerprint density at radius 1 is 0.939 bits per heavy atom. The predicted octanol–water partition coefficient (Wildman–Crippen LogP) is 3.18. The largest absolute Gasteiger partial charge is 0.486 e. The van der Waals surface area contributed by atoms with Crippen molar-refractivity contribution in [3.63, 3.8) is 0 Å². The zero-order valence-electron chi connectivity index (χ0n) is 20.4. The standard InChI is InChI=1S/C26H35BO5Si/c1-7-20-21(27(28)29)23(24-22(20)30-26(5,6)31-24)32-33(25(2,3)4,18-14-10-8-11-15-18)19-16-12-9-13-17-19/h8-17,22-24,28-29H,7H2,1-6H3/t22-,23-,24-/m0/s1. The molecular weight excluding hydrogens is 431 g/mol. The molecule has 33 heavy (non-hydrogen) atoms. The van der Waals surface area contributed by atoms with Gasteiger partial charge in [-0.2, -0.15) is 0 Å². The summed E-state index contributed by atoms with van der Waals surface area (Å²) in [6, 6.07) is 20.7. The van der Waals surface area contributed by atoms with E-state index in [-0.39, 0.29) is 11.1 Å². The average Bonchev–Trinajstić information content (AvgIpc) is 3.22. The van der Waals surface area contributed by atoms with Gasteiger partial charge >= 0.3 is 7.12 Å². The Kier molecular flexibility index (Phi) is 6.50. The van der Waals surface area contributed by atoms with E-state index in [0.717, 1.165) is 15.9 Å². The number of benzene rings is 2. The molecule has 1 aliphatic carbocycles. The second kappa shape index (κ2) is 8.80. The molecule has 0 unspecified atom stereocenters. The minimum absolute atomic E-state index is 0.249. The first kappa shape index (κ1) is 24.4. The van der Waals surface area contributed by atoms with Crippen LogP contribution in [0.25, 0.3) is 0 Å². The monoisotopic (exact) mass is 466 g/mol. The fourth-order valence-electron chi connectivity index (χ4n) is 5.53. The SMILES string of the molecule is CCC1=C(B(O)O)[C@H](O[Si](c2ccccc2)(c2ccccc2)C(C)(C)C)[C@H]2OC(C)(C)O[C@@H]12. The molecular formula is C26H35BO5Si. The van der Waals surface area contributed by atoms with Crippen molar-refractivity contribution in [1.29, 1.82) is 0 Å². The highest BCUT2D eigenvalue weighted by Gasteiger charge is 2.60. The van der Waals surface area contributed by atoms with Crippen LogP contribution in [0.4, 0.5) is 0 Å². The highest BCUT2D eigenvalue weighted by molar-refractivity contribution is 6.99. The smallest absolute Gasteiger partial charge is 0.423 e. The summed E-state index contributed by atoms with van der Waals surface area (Å²) in [5.41, 5.74) is 1.35. The fraction of sp³-hybridized carbons (Fsp3) is 0.462. The van der Waals surface area contributed by atoms with Crippen molar-refractivity contribution in [2.75, 3.05) is 0 Å². The topological polar surface area (TPSA) is 68.2 Å². The van der Waals surface area contributed by atoms with Crippen molar-refractivity contribution >= 4 is 25.8 Å². The van der Waals surface area contributed by atoms with Crippen LogP contribution in [0.2, 0.25) is 5.04 Å². The maximum Gasteiger partial charge on any atom is 0.486 e. The molecule has 4 rings (SSSR count). The molecule has 0 radical (unpaired) electrons. The molecule has 2 aromatic carbocycles. The van der Waals surface area contributed by atoms with Gasteiger partial charge in [0, 0.05) is 0 Å². The van der Waals surface area contributed by atoms with Crippen molar-refractivity contribution < 1.29 is 23.9 Å². The number of hydrogen-bond acceptors (Lipinski definition) is 5. The second-order valence-corrected chi connectivity index (χ2v) is 14.7. The van der Waals surface area contributed by atoms with Gasteiger partial charge in [0.1, 0.15) is 12.2 Å². The number of rotatable bonds is 6. The van der Waals surface area contributed by atoms with Crippen molar-refractivity contribution in [2.45, 2.75) is 77.1 Å². The number of fused-ring (bicyclic) bond motifs is 1. The molecule has 1 fully saturated rings. The van der Waals surface area contributed by atoms with Crippen LogP contribution in [0.3, 0.4) is 0 Å². The summed E-state index contributed by atoms with van der Waals surface area (Å²) in [5.74, 6) is -0.769. The Bertz CT molecular complexity index is 961. The van der Waals surface area contributed by atoms with E-state index in [1.54, 1.807) is 0 Å². The van der Waals surface area contributed by atoms with Crippen molar-refractivity contribution in [2.24, 2.45) is 0 Å². The van der Waals surface area contributed by atoms with E-state index in [2.05, 4.69) is 45.0 Å². The van der Waals surface area contributed by atoms with Crippen LogP contribution in [0.1, 0.15) is 48.0 Å². The lowest BCUT2D eigenvalue weighted by Crippen LogP contribution is -2.68. The fourth-order valence-corrected chi connectivity index (χ4v) is 10.2. The maximum absolute atomic E-state index is 10.5. The summed E-state index contributed by atoms with van der Waals surface area (Å²) < 4.78 is 19.9. The maximum atomic E-state index is 10.5. The first-order valence-electron chi connectivity index (χ1n) is 11.8. The van der Waals surface area contributed by atoms with Crippen LogP contribution in [-0.2, 0) is 13.9 Å². The summed E-state index contributed by atoms with van der Waals surface area (Å²) in [7, 11) is -4.58. The molecule has 0 saturated carbocycles. The van der Waals surface area contributed by atoms with E-state index in [1.165, 1.54) is 0 Å². The molecule has 0 amide bonds. The third-order valence-corrected chi connectivity index (χ3v) is 11.8. The summed E-state index contributed by atoms with van der Waals surface area (Å²) in [4.78, 5) is 0. The normalized spacial score (nSPS) is 24.8. The van der Waals surface area contributed by atoms with Gasteiger partial charge in [-0.1, -0.05) is 88.4 Å². The molecule has 0 spiro atoms. The lowest BCUT2D eigenvalue weighted by Gasteiger charge is -2.45. The molecule has 1 aliphatic heterocycles. The Labute approximate surface area is 198 Å². The van der Waals surface area contributed by atoms with Gasteiger partial charge in [-0.15, -0.1) is 0 Å². The first-order chi connectivity index (χ1) is 15.5. The molecule has 2 aliphatic rings. The molecule has 3 atom stereocenters. The molecule has 1 saturated heterocycles. The Morgan fingerprint density at radius 2 is 1.45 bits per heavy atom. The average molecular weight is 466 g/mol. The molecule has 1 heterocycles. The van der Waals surface area contributed by atoms with E-state index in [1.807, 2.05) is 57.2 Å². The molecule has 176 valence electrons. The molecule has 2 aromatic rings. The molecule has 0 bridgehead atoms. The van der Waals surface area contributed by atoms with Gasteiger partial charge in [0.25, 0.3) is 8.32 Å². The Hall–Kier alpha value is -1.74. The Balaban J connectivity index is 1.93. The lowest BCUT2D eigenvalue weighted by molar-refractivity contribution is -0.152. The van der Waals surface area contributed by atoms with E-state index in [9.17, 15) is 10.0 Å². The van der Waals surface area contributed by atoms with Gasteiger partial charge in [0.15, 0.2) is 5.79 Å². The third kappa shape index (κ3) is 4.16. The van der Waals surface area contributed by atoms with E-state index < -0.39 is 33.4 Å². The van der Waals surface area contributed by atoms with Crippen LogP contribution in [-0.4, -0.2) is 49.6 Å². The van der Waals surface area contributed by atoms with Gasteiger partial charge < -0.3 is 23.9 Å². The highest BCUT2D eigenvalue weighted by Crippen LogP contribution is 2.47. The zero-order chi connectivity index (χ0) is 24.0. The van der Waals surface area contributed by atoms with Crippen molar-refractivity contribution in [3.05, 3.63) is 71.7 Å². The number of hydrogen-bond donors (Lipinski definition) is 2. The van der Waals surface area contributed by atoms with Gasteiger partial charge in [-0.3, -0.25) is 0 Å². The summed E-state index contributed by atoms with van der Waals surface area (Å²) in [6.45, 7) is 12.4. The molecule has 7 heteroatoms. The zero-order valence-corrected chi connectivity index (χ0v) is 21.4. The third-order valence-electron chi connectivity index (χ3n) is 6.83. The molecule has 5 nitrogen and oxygen atoms in total. The van der Waals surface area contributed by atoms with E-state index in [4.69, 9.17) is 13.9 Å². The predicted molar refractivity (Wildman–Crippen MR) is 134 cm³/mol. The van der Waals surface area contributed by atoms with Crippen molar-refractivity contribution in [1.82, 2.24) is 0 Å². The van der Waals surface area contributed by atoms with Crippen LogP contribution < -0.4 is 10.4 Å². The minimum atomic E-state index is -2.94. The van der Waals surface area contributed by atoms with Gasteiger partial charge in [-0.25, -0.2) is 0 Å². The van der Waals surface area contributed by atoms with E-state index in [0.29, 0.717) is 11.9 Å². The van der Waals surface area contributed by atoms with Crippen LogP contribution in [0, 0.1) is 0 Å². The van der Waals surface area contributed by atoms with Crippen LogP contribution in [0.15, 0.2) is 71.7 Å². The lowest BCUT2D eigenvalue weighted by atomic mass is 9.75. The number of ether oxygens (including phenoxy) is 2. The quantitative estimate of drug-likeness (QED) is 0.641. The van der Waals surface area contributed by atoms with Crippen LogP contribution in [0.5, 0.6) is 0 Å². The molecule has 2 N–H and O–H groups in total. The highest BCUT2D eigenvalue weighted by atomic mass is 28.4. The summed E-state index contributed by atoms with van der Waals surface area (Å²) in [5, 5.41) is 23.0. The van der Waals surface area contributed by atoms with Gasteiger partial charge in [-0.05, 0) is 46.7 Å². The summed E-state index contributed by atoms with van der Waals surface area (Å²) >= 11 is 0. The van der Waals surface area contributed by atoms with Gasteiger partial charge in [0.2, 0.25) is 0 Å². The summed E-state index contributed by atoms with van der Waals surface area (Å²) in [6.07, 6.45) is -0.787. The van der Waals surface area contributed by atoms with Crippen LogP contribution >= 0.6 is 0 Å². The minimum Gasteiger partial charge on any atom is -0.423 e. The Morgan fingerprint density at radius 3 is 1.88 bits per heavy atom. The van der Waals surface area contributed by atoms with Crippen molar-refractivity contribution in [3.8, 4) is 0 Å². The van der Waals surface area contributed by atoms with E-state index >= 15 is 0 Å². The molecule has 0 aromatic heterocycles. The second-order valence-electron chi connectivity index (χ2n) is 10.4. The first-order valence-corrected chi connectivity index (χ1v) is 13.7.